The monoisotopic (exact) mass is 607 g/mol. The fourth-order valence-electron chi connectivity index (χ4n) is 7.85. The second-order valence-electron chi connectivity index (χ2n) is 16.6. The smallest absolute Gasteiger partial charge is 0.150 e. The van der Waals surface area contributed by atoms with Crippen molar-refractivity contribution in [1.82, 2.24) is 10.2 Å². The van der Waals surface area contributed by atoms with Crippen molar-refractivity contribution in [3.8, 4) is 0 Å². The zero-order valence-electron chi connectivity index (χ0n) is 30.2. The van der Waals surface area contributed by atoms with E-state index in [0.717, 1.165) is 83.9 Å². The molecule has 0 aromatic rings. The van der Waals surface area contributed by atoms with Crippen molar-refractivity contribution < 1.29 is 9.53 Å². The molecule has 2 heterocycles. The summed E-state index contributed by atoms with van der Waals surface area (Å²) in [4.78, 5) is 16.9. The summed E-state index contributed by atoms with van der Waals surface area (Å²) in [6.07, 6.45) is 12.3. The first kappa shape index (κ1) is 38.7. The summed E-state index contributed by atoms with van der Waals surface area (Å²) in [5.74, 6) is 2.23. The standard InChI is InChI=1S/C37H74N4O2/c1-11-28(27(5)39)16-14-22-40-31-17-18-33-35(43-25-29(26(3)4)15-13-21-38)20-19-32(31)41(33)24-34(42)30(23-36(6,7)8)37(9,10)12-2/h26-33,35,40H,11-25,38-39H2,1-10H3. The number of piperidine rings is 2. The molecule has 0 spiro atoms. The molecular weight excluding hydrogens is 532 g/mol. The van der Waals surface area contributed by atoms with E-state index in [9.17, 15) is 4.79 Å². The number of carbonyl (C=O) groups excluding carboxylic acids is 1. The van der Waals surface area contributed by atoms with Gasteiger partial charge in [-0.1, -0.05) is 75.2 Å². The molecule has 2 aliphatic heterocycles. The maximum absolute atomic E-state index is 14.3. The second-order valence-corrected chi connectivity index (χ2v) is 16.6. The lowest BCUT2D eigenvalue weighted by Crippen LogP contribution is -2.65. The number of nitrogens with two attached hydrogens (primary N) is 2. The summed E-state index contributed by atoms with van der Waals surface area (Å²) in [5, 5.41) is 3.96. The summed E-state index contributed by atoms with van der Waals surface area (Å²) in [5.41, 5.74) is 12.2. The van der Waals surface area contributed by atoms with Crippen LogP contribution in [0, 0.1) is 34.5 Å². The number of fused-ring (bicyclic) bond motifs is 2. The topological polar surface area (TPSA) is 93.6 Å². The fourth-order valence-corrected chi connectivity index (χ4v) is 7.85. The molecular formula is C37H74N4O2. The van der Waals surface area contributed by atoms with E-state index in [4.69, 9.17) is 16.2 Å². The van der Waals surface area contributed by atoms with Crippen molar-refractivity contribution in [2.45, 2.75) is 170 Å². The summed E-state index contributed by atoms with van der Waals surface area (Å²) in [7, 11) is 0. The van der Waals surface area contributed by atoms with Crippen LogP contribution in [0.4, 0.5) is 0 Å². The largest absolute Gasteiger partial charge is 0.376 e. The van der Waals surface area contributed by atoms with E-state index in [0.29, 0.717) is 48.2 Å². The quantitative estimate of drug-likeness (QED) is 0.127. The molecule has 0 saturated carbocycles. The highest BCUT2D eigenvalue weighted by Crippen LogP contribution is 2.41. The lowest BCUT2D eigenvalue weighted by atomic mass is 9.67. The minimum atomic E-state index is -0.00770. The van der Waals surface area contributed by atoms with E-state index >= 15 is 0 Å². The van der Waals surface area contributed by atoms with Crippen molar-refractivity contribution in [2.75, 3.05) is 26.2 Å². The number of rotatable bonds is 20. The van der Waals surface area contributed by atoms with Gasteiger partial charge in [0.1, 0.15) is 5.78 Å². The third kappa shape index (κ3) is 12.0. The lowest BCUT2D eigenvalue weighted by Gasteiger charge is -2.53. The highest BCUT2D eigenvalue weighted by molar-refractivity contribution is 5.84. The average Bonchev–Trinajstić information content (AvgIpc) is 2.92. The van der Waals surface area contributed by atoms with Gasteiger partial charge < -0.3 is 21.5 Å². The molecule has 5 N–H and O–H groups in total. The molecule has 0 aliphatic carbocycles. The number of nitrogens with one attached hydrogen (secondary N) is 1. The van der Waals surface area contributed by atoms with Crippen LogP contribution < -0.4 is 16.8 Å². The number of ether oxygens (including phenoxy) is 1. The first-order valence-corrected chi connectivity index (χ1v) is 18.2. The minimum absolute atomic E-state index is 0.00770. The van der Waals surface area contributed by atoms with Gasteiger partial charge in [0.2, 0.25) is 0 Å². The van der Waals surface area contributed by atoms with Gasteiger partial charge >= 0.3 is 0 Å². The highest BCUT2D eigenvalue weighted by Gasteiger charge is 2.47. The predicted molar refractivity (Wildman–Crippen MR) is 184 cm³/mol. The zero-order valence-corrected chi connectivity index (χ0v) is 30.2. The second kappa shape index (κ2) is 18.0. The van der Waals surface area contributed by atoms with Crippen LogP contribution in [0.25, 0.3) is 0 Å². The summed E-state index contributed by atoms with van der Waals surface area (Å²) >= 11 is 0. The molecule has 8 atom stereocenters. The average molecular weight is 607 g/mol. The van der Waals surface area contributed by atoms with Crippen molar-refractivity contribution in [3.63, 3.8) is 0 Å². The lowest BCUT2D eigenvalue weighted by molar-refractivity contribution is -0.138. The molecule has 2 saturated heterocycles. The Kier molecular flexibility index (Phi) is 16.2. The predicted octanol–water partition coefficient (Wildman–Crippen LogP) is 7.18. The maximum Gasteiger partial charge on any atom is 0.150 e. The van der Waals surface area contributed by atoms with Crippen LogP contribution in [-0.2, 0) is 9.53 Å². The number of ketones is 1. The Bertz CT molecular complexity index is 792. The molecule has 2 bridgehead atoms. The van der Waals surface area contributed by atoms with E-state index in [2.05, 4.69) is 79.5 Å². The van der Waals surface area contributed by atoms with E-state index in [-0.39, 0.29) is 28.9 Å². The molecule has 2 rings (SSSR count). The van der Waals surface area contributed by atoms with Crippen molar-refractivity contribution in [2.24, 2.45) is 46.0 Å². The SMILES string of the molecule is CCC(CCCNC1CCC2C(OCC(CCCN)C(C)C)CCC1N2CC(=O)C(CC(C)(C)C)C(C)(C)CC)C(C)N. The van der Waals surface area contributed by atoms with Gasteiger partial charge in [-0.05, 0) is 106 Å². The number of carbonyl (C=O) groups is 1. The molecule has 6 heteroatoms. The number of Topliss-reactive ketones (excluding diaryl/α,β-unsaturated/α-hetero) is 1. The Labute approximate surface area is 267 Å². The third-order valence-electron chi connectivity index (χ3n) is 11.3. The van der Waals surface area contributed by atoms with Gasteiger partial charge in [-0.2, -0.15) is 0 Å². The number of hydrogen-bond acceptors (Lipinski definition) is 6. The van der Waals surface area contributed by atoms with Crippen LogP contribution in [0.1, 0.15) is 140 Å². The van der Waals surface area contributed by atoms with Crippen molar-refractivity contribution in [1.29, 1.82) is 0 Å². The fraction of sp³-hybridized carbons (Fsp3) is 0.973. The van der Waals surface area contributed by atoms with Crippen LogP contribution in [0.2, 0.25) is 0 Å². The Morgan fingerprint density at radius 1 is 0.953 bits per heavy atom. The van der Waals surface area contributed by atoms with Gasteiger partial charge in [0.25, 0.3) is 0 Å². The third-order valence-corrected chi connectivity index (χ3v) is 11.3. The molecule has 2 aliphatic rings. The van der Waals surface area contributed by atoms with Gasteiger partial charge in [-0.25, -0.2) is 0 Å². The van der Waals surface area contributed by atoms with Gasteiger partial charge in [-0.15, -0.1) is 0 Å². The molecule has 6 nitrogen and oxygen atoms in total. The summed E-state index contributed by atoms with van der Waals surface area (Å²) < 4.78 is 6.80. The van der Waals surface area contributed by atoms with Gasteiger partial charge in [-0.3, -0.25) is 9.69 Å². The molecule has 8 unspecified atom stereocenters. The van der Waals surface area contributed by atoms with Crippen LogP contribution >= 0.6 is 0 Å². The molecule has 0 radical (unpaired) electrons. The number of hydrogen-bond donors (Lipinski definition) is 3. The van der Waals surface area contributed by atoms with Gasteiger partial charge in [0, 0.05) is 30.1 Å². The van der Waals surface area contributed by atoms with Crippen LogP contribution in [0.3, 0.4) is 0 Å². The molecule has 0 aromatic heterocycles. The maximum atomic E-state index is 14.3. The summed E-state index contributed by atoms with van der Waals surface area (Å²) in [6, 6.07) is 1.42. The Morgan fingerprint density at radius 2 is 1.60 bits per heavy atom. The van der Waals surface area contributed by atoms with E-state index < -0.39 is 0 Å². The van der Waals surface area contributed by atoms with Gasteiger partial charge in [0.15, 0.2) is 0 Å². The Balaban J connectivity index is 2.22. The van der Waals surface area contributed by atoms with Crippen molar-refractivity contribution in [3.05, 3.63) is 0 Å². The van der Waals surface area contributed by atoms with E-state index in [1.165, 1.54) is 6.42 Å². The van der Waals surface area contributed by atoms with Gasteiger partial charge in [0.05, 0.1) is 19.3 Å². The molecule has 0 amide bonds. The van der Waals surface area contributed by atoms with Crippen LogP contribution in [-0.4, -0.2) is 67.2 Å². The molecule has 254 valence electrons. The summed E-state index contributed by atoms with van der Waals surface area (Å²) in [6.45, 7) is 25.8. The van der Waals surface area contributed by atoms with Crippen molar-refractivity contribution >= 4 is 5.78 Å². The molecule has 43 heavy (non-hydrogen) atoms. The van der Waals surface area contributed by atoms with Crippen LogP contribution in [0.15, 0.2) is 0 Å². The molecule has 2 fully saturated rings. The Hall–Kier alpha value is -0.530. The highest BCUT2D eigenvalue weighted by atomic mass is 16.5. The van der Waals surface area contributed by atoms with E-state index in [1.54, 1.807) is 0 Å². The first-order valence-electron chi connectivity index (χ1n) is 18.2. The molecule has 0 aromatic carbocycles. The van der Waals surface area contributed by atoms with Crippen LogP contribution in [0.5, 0.6) is 0 Å². The normalized spacial score (nSPS) is 26.3. The minimum Gasteiger partial charge on any atom is -0.376 e. The number of nitrogens with zero attached hydrogens (tertiary/aromatic N) is 1. The Morgan fingerprint density at radius 3 is 2.16 bits per heavy atom. The van der Waals surface area contributed by atoms with E-state index in [1.807, 2.05) is 0 Å². The first-order chi connectivity index (χ1) is 20.1. The zero-order chi connectivity index (χ0) is 32.4.